The molecule has 1 N–H and O–H groups in total. The molecular formula is C12H15NO2. The lowest BCUT2D eigenvalue weighted by Crippen LogP contribution is -2.52. The minimum Gasteiger partial charge on any atom is -0.493 e. The first-order valence-electron chi connectivity index (χ1n) is 5.45. The number of benzene rings is 1. The van der Waals surface area contributed by atoms with Gasteiger partial charge in [0.25, 0.3) is 0 Å². The minimum atomic E-state index is -0.109. The predicted molar refractivity (Wildman–Crippen MR) is 57.1 cm³/mol. The van der Waals surface area contributed by atoms with Crippen LogP contribution >= 0.6 is 0 Å². The fourth-order valence-corrected chi connectivity index (χ4v) is 2.38. The molecule has 0 aliphatic carbocycles. The van der Waals surface area contributed by atoms with Crippen molar-refractivity contribution in [2.24, 2.45) is 0 Å². The van der Waals surface area contributed by atoms with E-state index in [0.717, 1.165) is 32.0 Å². The van der Waals surface area contributed by atoms with Crippen LogP contribution in [0.25, 0.3) is 0 Å². The summed E-state index contributed by atoms with van der Waals surface area (Å²) in [6.07, 6.45) is -0.109. The Labute approximate surface area is 89.3 Å². The van der Waals surface area contributed by atoms with E-state index in [2.05, 4.69) is 17.0 Å². The number of hydrogen-bond acceptors (Lipinski definition) is 3. The summed E-state index contributed by atoms with van der Waals surface area (Å²) in [5.74, 6) is 1.51. The van der Waals surface area contributed by atoms with Gasteiger partial charge in [0.2, 0.25) is 0 Å². The molecule has 1 saturated heterocycles. The van der Waals surface area contributed by atoms with Crippen molar-refractivity contribution in [3.63, 3.8) is 0 Å². The molecule has 1 unspecified atom stereocenters. The Kier molecular flexibility index (Phi) is 2.15. The molecule has 0 amide bonds. The summed E-state index contributed by atoms with van der Waals surface area (Å²) in [5, 5.41) is 9.21. The van der Waals surface area contributed by atoms with Gasteiger partial charge < -0.3 is 9.84 Å². The highest BCUT2D eigenvalue weighted by atomic mass is 16.5. The third-order valence-electron chi connectivity index (χ3n) is 3.22. The van der Waals surface area contributed by atoms with Crippen molar-refractivity contribution in [2.75, 3.05) is 26.2 Å². The van der Waals surface area contributed by atoms with E-state index in [1.807, 2.05) is 12.1 Å². The molecular weight excluding hydrogens is 190 g/mol. The molecule has 80 valence electrons. The molecule has 2 aliphatic rings. The van der Waals surface area contributed by atoms with Crippen LogP contribution in [-0.2, 0) is 0 Å². The lowest BCUT2D eigenvalue weighted by molar-refractivity contribution is -0.00212. The van der Waals surface area contributed by atoms with Gasteiger partial charge in [-0.2, -0.15) is 0 Å². The average molecular weight is 205 g/mol. The fraction of sp³-hybridized carbons (Fsp3) is 0.500. The first-order valence-corrected chi connectivity index (χ1v) is 5.45. The summed E-state index contributed by atoms with van der Waals surface area (Å²) >= 11 is 0. The molecule has 1 atom stereocenters. The van der Waals surface area contributed by atoms with E-state index in [1.165, 1.54) is 5.56 Å². The number of nitrogens with zero attached hydrogens (tertiary/aromatic N) is 1. The fourth-order valence-electron chi connectivity index (χ4n) is 2.38. The number of likely N-dealkylation sites (tertiary alicyclic amines) is 1. The topological polar surface area (TPSA) is 32.7 Å². The first-order chi connectivity index (χ1) is 7.33. The molecule has 0 aromatic heterocycles. The zero-order valence-electron chi connectivity index (χ0n) is 8.60. The number of ether oxygens (including phenoxy) is 1. The van der Waals surface area contributed by atoms with Crippen molar-refractivity contribution in [2.45, 2.75) is 12.0 Å². The molecule has 2 heterocycles. The number of para-hydroxylation sites is 1. The normalized spacial score (nSPS) is 25.8. The molecule has 1 aromatic carbocycles. The molecule has 3 heteroatoms. The highest BCUT2D eigenvalue weighted by molar-refractivity contribution is 5.39. The Morgan fingerprint density at radius 3 is 2.93 bits per heavy atom. The van der Waals surface area contributed by atoms with Gasteiger partial charge >= 0.3 is 0 Å². The Bertz CT molecular complexity index is 360. The third-order valence-corrected chi connectivity index (χ3v) is 3.22. The SMILES string of the molecule is OC1CN(CC2COc3ccccc32)C1. The van der Waals surface area contributed by atoms with Gasteiger partial charge in [0, 0.05) is 31.1 Å². The maximum atomic E-state index is 9.21. The largest absolute Gasteiger partial charge is 0.493 e. The molecule has 15 heavy (non-hydrogen) atoms. The lowest BCUT2D eigenvalue weighted by Gasteiger charge is -2.37. The highest BCUT2D eigenvalue weighted by Crippen LogP contribution is 2.34. The van der Waals surface area contributed by atoms with Gasteiger partial charge in [0.05, 0.1) is 12.7 Å². The Morgan fingerprint density at radius 2 is 2.13 bits per heavy atom. The van der Waals surface area contributed by atoms with E-state index < -0.39 is 0 Å². The number of rotatable bonds is 2. The quantitative estimate of drug-likeness (QED) is 0.776. The van der Waals surface area contributed by atoms with Crippen LogP contribution in [0.3, 0.4) is 0 Å². The van der Waals surface area contributed by atoms with Crippen LogP contribution in [0.2, 0.25) is 0 Å². The molecule has 3 nitrogen and oxygen atoms in total. The van der Waals surface area contributed by atoms with Gasteiger partial charge in [-0.05, 0) is 6.07 Å². The van der Waals surface area contributed by atoms with Crippen molar-refractivity contribution in [3.8, 4) is 5.75 Å². The smallest absolute Gasteiger partial charge is 0.122 e. The van der Waals surface area contributed by atoms with Gasteiger partial charge in [-0.25, -0.2) is 0 Å². The average Bonchev–Trinajstić information content (AvgIpc) is 2.60. The van der Waals surface area contributed by atoms with Crippen LogP contribution in [0.5, 0.6) is 5.75 Å². The van der Waals surface area contributed by atoms with Gasteiger partial charge in [0.1, 0.15) is 5.75 Å². The summed E-state index contributed by atoms with van der Waals surface area (Å²) in [4.78, 5) is 2.28. The Hall–Kier alpha value is -1.06. The molecule has 0 bridgehead atoms. The third kappa shape index (κ3) is 1.62. The van der Waals surface area contributed by atoms with E-state index in [0.29, 0.717) is 5.92 Å². The van der Waals surface area contributed by atoms with E-state index in [-0.39, 0.29) is 6.10 Å². The van der Waals surface area contributed by atoms with E-state index in [4.69, 9.17) is 4.74 Å². The van der Waals surface area contributed by atoms with Crippen molar-refractivity contribution < 1.29 is 9.84 Å². The van der Waals surface area contributed by atoms with Crippen LogP contribution in [0.15, 0.2) is 24.3 Å². The number of aliphatic hydroxyl groups excluding tert-OH is 1. The Morgan fingerprint density at radius 1 is 1.33 bits per heavy atom. The van der Waals surface area contributed by atoms with Crippen LogP contribution in [0.1, 0.15) is 11.5 Å². The number of hydrogen-bond donors (Lipinski definition) is 1. The minimum absolute atomic E-state index is 0.109. The summed E-state index contributed by atoms with van der Waals surface area (Å²) < 4.78 is 5.62. The van der Waals surface area contributed by atoms with Gasteiger partial charge in [-0.3, -0.25) is 4.90 Å². The molecule has 1 fully saturated rings. The molecule has 0 radical (unpaired) electrons. The van der Waals surface area contributed by atoms with Crippen LogP contribution in [-0.4, -0.2) is 42.4 Å². The summed E-state index contributed by atoms with van der Waals surface area (Å²) in [6, 6.07) is 8.24. The van der Waals surface area contributed by atoms with E-state index in [9.17, 15) is 5.11 Å². The van der Waals surface area contributed by atoms with Crippen LogP contribution in [0, 0.1) is 0 Å². The number of β-amino-alcohol motifs (C(OH)–C–C–N with tert-alkyl or cyclic N) is 1. The second-order valence-corrected chi connectivity index (χ2v) is 4.42. The predicted octanol–water partition coefficient (Wildman–Crippen LogP) is 0.839. The summed E-state index contributed by atoms with van der Waals surface area (Å²) in [5.41, 5.74) is 1.32. The molecule has 3 rings (SSSR count). The molecule has 1 aromatic rings. The lowest BCUT2D eigenvalue weighted by atomic mass is 9.99. The van der Waals surface area contributed by atoms with Gasteiger partial charge in [0.15, 0.2) is 0 Å². The highest BCUT2D eigenvalue weighted by Gasteiger charge is 2.30. The Balaban J connectivity index is 1.69. The van der Waals surface area contributed by atoms with Crippen molar-refractivity contribution >= 4 is 0 Å². The first kappa shape index (κ1) is 9.19. The zero-order valence-corrected chi connectivity index (χ0v) is 8.60. The van der Waals surface area contributed by atoms with Gasteiger partial charge in [-0.15, -0.1) is 0 Å². The van der Waals surface area contributed by atoms with Gasteiger partial charge in [-0.1, -0.05) is 18.2 Å². The van der Waals surface area contributed by atoms with Crippen molar-refractivity contribution in [1.82, 2.24) is 4.90 Å². The van der Waals surface area contributed by atoms with E-state index in [1.54, 1.807) is 0 Å². The number of aliphatic hydroxyl groups is 1. The maximum absolute atomic E-state index is 9.21. The van der Waals surface area contributed by atoms with Crippen molar-refractivity contribution in [3.05, 3.63) is 29.8 Å². The molecule has 0 spiro atoms. The second-order valence-electron chi connectivity index (χ2n) is 4.42. The summed E-state index contributed by atoms with van der Waals surface area (Å²) in [7, 11) is 0. The maximum Gasteiger partial charge on any atom is 0.122 e. The van der Waals surface area contributed by atoms with E-state index >= 15 is 0 Å². The summed E-state index contributed by atoms with van der Waals surface area (Å²) in [6.45, 7) is 3.43. The van der Waals surface area contributed by atoms with Crippen LogP contribution < -0.4 is 4.74 Å². The monoisotopic (exact) mass is 205 g/mol. The zero-order chi connectivity index (χ0) is 10.3. The second kappa shape index (κ2) is 3.51. The molecule has 0 saturated carbocycles. The van der Waals surface area contributed by atoms with Crippen LogP contribution in [0.4, 0.5) is 0 Å². The number of fused-ring (bicyclic) bond motifs is 1. The standard InChI is InChI=1S/C12H15NO2/c14-10-6-13(7-10)5-9-8-15-12-4-2-1-3-11(9)12/h1-4,9-10,14H,5-8H2. The molecule has 2 aliphatic heterocycles. The van der Waals surface area contributed by atoms with Crippen molar-refractivity contribution in [1.29, 1.82) is 0 Å².